The Morgan fingerprint density at radius 1 is 0.483 bits per heavy atom. The molecule has 0 aliphatic heterocycles. The summed E-state index contributed by atoms with van der Waals surface area (Å²) in [4.78, 5) is 54.6. The molecule has 5 N–H and O–H groups in total. The monoisotopic (exact) mass is 1200 g/mol. The molecule has 0 fully saturated rings. The zero-order valence-corrected chi connectivity index (χ0v) is 52.4. The van der Waals surface area contributed by atoms with Crippen molar-refractivity contribution in [2.45, 2.75) is 71.1 Å². The van der Waals surface area contributed by atoms with Gasteiger partial charge in [0, 0.05) is 69.2 Å². The van der Waals surface area contributed by atoms with Gasteiger partial charge in [-0.25, -0.2) is 0 Å². The Labute approximate surface area is 520 Å². The Morgan fingerprint density at radius 2 is 0.921 bits per heavy atom. The van der Waals surface area contributed by atoms with Crippen molar-refractivity contribution < 1.29 is 52.7 Å². The first-order valence-electron chi connectivity index (χ1n) is 28.3. The van der Waals surface area contributed by atoms with Crippen LogP contribution in [0.3, 0.4) is 0 Å². The molecule has 0 atom stereocenters. The van der Waals surface area contributed by atoms with E-state index in [1.807, 2.05) is 115 Å². The highest BCUT2D eigenvalue weighted by Gasteiger charge is 2.27. The molecule has 1 aromatic heterocycles. The van der Waals surface area contributed by atoms with Gasteiger partial charge < -0.3 is 54.8 Å². The number of rotatable bonds is 20. The number of ether oxygens (including phenoxy) is 6. The first-order chi connectivity index (χ1) is 42.5. The summed E-state index contributed by atoms with van der Waals surface area (Å²) < 4.78 is 31.4. The van der Waals surface area contributed by atoms with Crippen LogP contribution in [0.25, 0.3) is 11.1 Å². The third kappa shape index (κ3) is 17.4. The maximum absolute atomic E-state index is 12.8. The third-order valence-electron chi connectivity index (χ3n) is 14.6. The van der Waals surface area contributed by atoms with E-state index >= 15 is 0 Å². The first-order valence-corrected chi connectivity index (χ1v) is 28.3. The molecule has 8 aromatic rings. The highest BCUT2D eigenvalue weighted by molar-refractivity contribution is 6.06. The SMILES string of the molecule is CCc1cc(NC(=O)c2ccc(OC)c(OC)c2)ccc1C(C)(C)C#N.COc1ccc(C(=O)Nc2ccc(C(C)(C)C#N)c(-c3cccnc3)c2)cc1OC.COc1ccc(C(=O)Nc2ccc(C(C)(C)CNC(=O)c3cccc(O)c3)cc2)cc1OC. The number of aromatic hydroxyl groups is 1. The van der Waals surface area contributed by atoms with E-state index in [0.29, 0.717) is 80.4 Å². The van der Waals surface area contributed by atoms with Crippen LogP contribution in [0.2, 0.25) is 0 Å². The lowest BCUT2D eigenvalue weighted by molar-refractivity contribution is 0.0943. The van der Waals surface area contributed by atoms with Crippen LogP contribution >= 0.6 is 0 Å². The van der Waals surface area contributed by atoms with Crippen molar-refractivity contribution >= 4 is 40.7 Å². The Morgan fingerprint density at radius 3 is 1.36 bits per heavy atom. The van der Waals surface area contributed by atoms with Crippen molar-refractivity contribution in [1.82, 2.24) is 10.3 Å². The zero-order valence-electron chi connectivity index (χ0n) is 52.4. The van der Waals surface area contributed by atoms with Crippen LogP contribution in [0.1, 0.15) is 112 Å². The standard InChI is InChI=1S/C26H28N2O5.C24H23N3O3.C21H24N2O3/c1-26(2,16-27-24(30)17-6-5-7-21(29)14-17)19-9-11-20(12-10-19)28-25(31)18-8-13-22(32-3)23(15-18)33-4;1-24(2,15-25)20-9-8-18(13-19(20)17-6-5-11-26-14-17)27-23(28)16-7-10-21(29-3)22(12-16)30-4;1-6-14-11-16(8-9-17(14)21(2,3)13-22)23-20(24)15-7-10-18(25-4)19(12-15)26-5/h5-15,29H,16H2,1-4H3,(H,27,30)(H,28,31);5-14H,1-4H3,(H,27,28);7-12H,6H2,1-5H3,(H,23,24). The third-order valence-corrected chi connectivity index (χ3v) is 14.6. The Balaban J connectivity index is 0.000000214. The number of hydrogen-bond donors (Lipinski definition) is 5. The van der Waals surface area contributed by atoms with Crippen LogP contribution in [0.4, 0.5) is 17.1 Å². The van der Waals surface area contributed by atoms with Gasteiger partial charge in [0.2, 0.25) is 0 Å². The van der Waals surface area contributed by atoms with Crippen LogP contribution < -0.4 is 49.7 Å². The molecule has 8 rings (SSSR count). The number of carbonyl (C=O) groups excluding carboxylic acids is 4. The molecule has 0 aliphatic carbocycles. The number of carbonyl (C=O) groups is 4. The highest BCUT2D eigenvalue weighted by atomic mass is 16.5. The van der Waals surface area contributed by atoms with Crippen molar-refractivity contribution in [2.24, 2.45) is 0 Å². The number of nitriles is 2. The number of pyridine rings is 1. The molecule has 0 radical (unpaired) electrons. The molecule has 7 aromatic carbocycles. The second kappa shape index (κ2) is 30.5. The van der Waals surface area contributed by atoms with Crippen molar-refractivity contribution in [2.75, 3.05) is 65.2 Å². The van der Waals surface area contributed by atoms with Gasteiger partial charge in [0.25, 0.3) is 23.6 Å². The number of benzene rings is 7. The summed E-state index contributed by atoms with van der Waals surface area (Å²) in [6, 6.07) is 48.4. The average Bonchev–Trinajstić information content (AvgIpc) is 2.02. The number of anilines is 3. The number of aryl methyl sites for hydroxylation is 1. The fourth-order valence-corrected chi connectivity index (χ4v) is 9.32. The van der Waals surface area contributed by atoms with E-state index < -0.39 is 10.8 Å². The summed E-state index contributed by atoms with van der Waals surface area (Å²) in [5.74, 6) is 2.16. The molecule has 18 heteroatoms. The van der Waals surface area contributed by atoms with Crippen molar-refractivity contribution in [3.8, 4) is 63.5 Å². The van der Waals surface area contributed by atoms with Crippen LogP contribution in [-0.2, 0) is 22.7 Å². The summed E-state index contributed by atoms with van der Waals surface area (Å²) in [5, 5.41) is 40.2. The van der Waals surface area contributed by atoms with Gasteiger partial charge in [-0.3, -0.25) is 24.2 Å². The number of aromatic nitrogens is 1. The molecule has 89 heavy (non-hydrogen) atoms. The van der Waals surface area contributed by atoms with Crippen molar-refractivity contribution in [3.63, 3.8) is 0 Å². The quantitative estimate of drug-likeness (QED) is 0.0476. The predicted octanol–water partition coefficient (Wildman–Crippen LogP) is 13.5. The van der Waals surface area contributed by atoms with Crippen LogP contribution in [0, 0.1) is 22.7 Å². The molecule has 0 spiro atoms. The number of hydrogen-bond acceptors (Lipinski definition) is 14. The minimum atomic E-state index is -0.697. The molecule has 1 heterocycles. The van der Waals surface area contributed by atoms with Gasteiger partial charge in [0.1, 0.15) is 5.75 Å². The van der Waals surface area contributed by atoms with E-state index in [2.05, 4.69) is 38.4 Å². The molecule has 0 saturated carbocycles. The lowest BCUT2D eigenvalue weighted by Crippen LogP contribution is -2.36. The number of phenolic OH excluding ortho intramolecular Hbond substituents is 1. The summed E-state index contributed by atoms with van der Waals surface area (Å²) in [7, 11) is 9.21. The number of phenols is 1. The van der Waals surface area contributed by atoms with E-state index in [4.69, 9.17) is 28.4 Å². The van der Waals surface area contributed by atoms with Gasteiger partial charge in [-0.2, -0.15) is 10.5 Å². The summed E-state index contributed by atoms with van der Waals surface area (Å²) in [5.41, 5.74) is 7.72. The van der Waals surface area contributed by atoms with Crippen LogP contribution in [0.5, 0.6) is 40.2 Å². The lowest BCUT2D eigenvalue weighted by Gasteiger charge is -2.26. The number of amides is 4. The van der Waals surface area contributed by atoms with Crippen LogP contribution in [0.15, 0.2) is 164 Å². The molecular formula is C71H75N7O11. The average molecular weight is 1200 g/mol. The Hall–Kier alpha value is -10.9. The number of methoxy groups -OCH3 is 6. The topological polar surface area (TPSA) is 252 Å². The van der Waals surface area contributed by atoms with Gasteiger partial charge in [-0.15, -0.1) is 0 Å². The molecule has 460 valence electrons. The Kier molecular flexibility index (Phi) is 23.0. The largest absolute Gasteiger partial charge is 0.508 e. The van der Waals surface area contributed by atoms with Crippen LogP contribution in [-0.4, -0.2) is 82.9 Å². The maximum Gasteiger partial charge on any atom is 0.255 e. The number of nitrogens with one attached hydrogen (secondary N) is 4. The molecular weight excluding hydrogens is 1130 g/mol. The second-order valence-electron chi connectivity index (χ2n) is 22.0. The minimum Gasteiger partial charge on any atom is -0.508 e. The van der Waals surface area contributed by atoms with Crippen molar-refractivity contribution in [3.05, 3.63) is 209 Å². The fourth-order valence-electron chi connectivity index (χ4n) is 9.32. The molecule has 0 unspecified atom stereocenters. The fraction of sp³-hybridized carbons (Fsp3) is 0.254. The summed E-state index contributed by atoms with van der Waals surface area (Å²) in [6.45, 7) is 14.0. The van der Waals surface area contributed by atoms with Gasteiger partial charge in [0.05, 0.1) is 65.6 Å². The lowest BCUT2D eigenvalue weighted by atomic mass is 9.81. The van der Waals surface area contributed by atoms with Gasteiger partial charge >= 0.3 is 0 Å². The van der Waals surface area contributed by atoms with E-state index in [1.165, 1.54) is 33.5 Å². The normalized spacial score (nSPS) is 10.8. The van der Waals surface area contributed by atoms with E-state index in [-0.39, 0.29) is 34.8 Å². The number of nitrogens with zero attached hydrogens (tertiary/aromatic N) is 3. The predicted molar refractivity (Wildman–Crippen MR) is 345 cm³/mol. The summed E-state index contributed by atoms with van der Waals surface area (Å²) >= 11 is 0. The van der Waals surface area contributed by atoms with E-state index in [0.717, 1.165) is 39.8 Å². The van der Waals surface area contributed by atoms with Gasteiger partial charge in [-0.1, -0.05) is 57.2 Å². The van der Waals surface area contributed by atoms with Gasteiger partial charge in [0.15, 0.2) is 34.5 Å². The van der Waals surface area contributed by atoms with Crippen molar-refractivity contribution in [1.29, 1.82) is 10.5 Å². The Bertz CT molecular complexity index is 3890. The van der Waals surface area contributed by atoms with Gasteiger partial charge in [-0.05, 0) is 177 Å². The first kappa shape index (κ1) is 67.3. The molecule has 4 amide bonds. The molecule has 0 bridgehead atoms. The highest BCUT2D eigenvalue weighted by Crippen LogP contribution is 2.37. The zero-order chi connectivity index (χ0) is 65.1. The molecule has 18 nitrogen and oxygen atoms in total. The summed E-state index contributed by atoms with van der Waals surface area (Å²) in [6.07, 6.45) is 4.22. The smallest absolute Gasteiger partial charge is 0.255 e. The van der Waals surface area contributed by atoms with E-state index in [1.54, 1.807) is 107 Å². The minimum absolute atomic E-state index is 0.0487. The maximum atomic E-state index is 12.8. The molecule has 0 saturated heterocycles. The molecule has 0 aliphatic rings. The van der Waals surface area contributed by atoms with E-state index in [9.17, 15) is 34.8 Å². The second-order valence-corrected chi connectivity index (χ2v) is 22.0.